The third kappa shape index (κ3) is 8.59. The highest BCUT2D eigenvalue weighted by Crippen LogP contribution is 2.47. The van der Waals surface area contributed by atoms with Crippen molar-refractivity contribution in [2.75, 3.05) is 15.1 Å². The van der Waals surface area contributed by atoms with Crippen LogP contribution in [0.25, 0.3) is 66.1 Å². The van der Waals surface area contributed by atoms with Gasteiger partial charge in [-0.2, -0.15) is 0 Å². The summed E-state index contributed by atoms with van der Waals surface area (Å²) >= 11 is 6.48. The number of fused-ring (bicyclic) bond motifs is 6. The van der Waals surface area contributed by atoms with Crippen molar-refractivity contribution in [3.05, 3.63) is 278 Å². The zero-order valence-electron chi connectivity index (χ0n) is 39.1. The Morgan fingerprint density at radius 2 is 0.681 bits per heavy atom. The second-order valence-electron chi connectivity index (χ2n) is 17.5. The van der Waals surface area contributed by atoms with Crippen LogP contribution in [0.1, 0.15) is 0 Å². The Morgan fingerprint density at radius 1 is 0.319 bits per heavy atom. The van der Waals surface area contributed by atoms with E-state index in [1.165, 1.54) is 0 Å². The quantitative estimate of drug-likeness (QED) is 0.148. The number of anilines is 8. The Balaban J connectivity index is 0.000000167. The zero-order chi connectivity index (χ0) is 48.2. The van der Waals surface area contributed by atoms with E-state index in [0.717, 1.165) is 112 Å². The Morgan fingerprint density at radius 3 is 1.11 bits per heavy atom. The van der Waals surface area contributed by atoms with E-state index in [9.17, 15) is 0 Å². The molecule has 2 heterocycles. The van der Waals surface area contributed by atoms with Gasteiger partial charge in [0.2, 0.25) is 0 Å². The first-order valence-corrected chi connectivity index (χ1v) is 24.4. The van der Waals surface area contributed by atoms with Gasteiger partial charge in [-0.3, -0.25) is 0 Å². The largest absolute Gasteiger partial charge is 0.456 e. The molecule has 0 fully saturated rings. The molecule has 344 valence electrons. The summed E-state index contributed by atoms with van der Waals surface area (Å²) in [5, 5.41) is 8.83. The highest BCUT2D eigenvalue weighted by atomic mass is 35.5. The van der Waals surface area contributed by atoms with Crippen molar-refractivity contribution < 1.29 is 8.83 Å². The summed E-state index contributed by atoms with van der Waals surface area (Å²) in [4.78, 5) is 4.53. The molecule has 0 aliphatic carbocycles. The number of para-hydroxylation sites is 7. The molecule has 5 nitrogen and oxygen atoms in total. The fraction of sp³-hybridized carbons (Fsp3) is 0. The van der Waals surface area contributed by atoms with Gasteiger partial charge in [-0.15, -0.1) is 0 Å². The second kappa shape index (κ2) is 19.6. The van der Waals surface area contributed by atoms with Crippen LogP contribution in [0.3, 0.4) is 0 Å². The molecular formula is C66H46ClN3O2. The first-order chi connectivity index (χ1) is 35.6. The fourth-order valence-electron chi connectivity index (χ4n) is 9.77. The molecule has 72 heavy (non-hydrogen) atoms. The number of hydrogen-bond acceptors (Lipinski definition) is 5. The van der Waals surface area contributed by atoms with Gasteiger partial charge in [-0.1, -0.05) is 200 Å². The summed E-state index contributed by atoms with van der Waals surface area (Å²) in [6.07, 6.45) is 0. The Bertz CT molecular complexity index is 3820. The molecular weight excluding hydrogens is 902 g/mol. The molecule has 0 saturated carbocycles. The lowest BCUT2D eigenvalue weighted by Crippen LogP contribution is -2.10. The van der Waals surface area contributed by atoms with Crippen LogP contribution in [-0.2, 0) is 0 Å². The van der Waals surface area contributed by atoms with Crippen LogP contribution in [0.5, 0.6) is 0 Å². The van der Waals surface area contributed by atoms with Crippen molar-refractivity contribution in [1.29, 1.82) is 0 Å². The van der Waals surface area contributed by atoms with Crippen LogP contribution < -0.4 is 15.1 Å². The normalized spacial score (nSPS) is 11.1. The van der Waals surface area contributed by atoms with Crippen molar-refractivity contribution in [1.82, 2.24) is 0 Å². The monoisotopic (exact) mass is 947 g/mol. The molecule has 0 saturated heterocycles. The summed E-state index contributed by atoms with van der Waals surface area (Å²) in [5.41, 5.74) is 16.2. The number of hydrogen-bond donors (Lipinski definition) is 1. The molecule has 0 unspecified atom stereocenters. The maximum Gasteiger partial charge on any atom is 0.139 e. The molecule has 0 radical (unpaired) electrons. The van der Waals surface area contributed by atoms with E-state index >= 15 is 0 Å². The lowest BCUT2D eigenvalue weighted by molar-refractivity contribution is 0.668. The lowest BCUT2D eigenvalue weighted by atomic mass is 9.95. The van der Waals surface area contributed by atoms with Crippen LogP contribution >= 0.6 is 11.6 Å². The molecule has 11 aromatic carbocycles. The fourth-order valence-corrected chi connectivity index (χ4v) is 9.97. The predicted molar refractivity (Wildman–Crippen MR) is 302 cm³/mol. The van der Waals surface area contributed by atoms with Crippen molar-refractivity contribution in [3.8, 4) is 22.3 Å². The minimum absolute atomic E-state index is 0.647. The van der Waals surface area contributed by atoms with E-state index in [4.69, 9.17) is 20.4 Å². The van der Waals surface area contributed by atoms with Gasteiger partial charge in [0.25, 0.3) is 0 Å². The van der Waals surface area contributed by atoms with E-state index in [1.54, 1.807) is 0 Å². The molecule has 0 spiro atoms. The highest BCUT2D eigenvalue weighted by molar-refractivity contribution is 6.32. The van der Waals surface area contributed by atoms with Crippen LogP contribution in [0.2, 0.25) is 5.02 Å². The maximum absolute atomic E-state index is 6.56. The van der Waals surface area contributed by atoms with E-state index < -0.39 is 0 Å². The van der Waals surface area contributed by atoms with Gasteiger partial charge in [0, 0.05) is 67.5 Å². The van der Waals surface area contributed by atoms with E-state index in [2.05, 4.69) is 209 Å². The summed E-state index contributed by atoms with van der Waals surface area (Å²) in [6.45, 7) is 0. The van der Waals surface area contributed by atoms with Crippen LogP contribution in [0, 0.1) is 0 Å². The van der Waals surface area contributed by atoms with Crippen molar-refractivity contribution >= 4 is 101 Å². The Hall–Kier alpha value is -9.29. The van der Waals surface area contributed by atoms with Crippen molar-refractivity contribution in [3.63, 3.8) is 0 Å². The van der Waals surface area contributed by atoms with Gasteiger partial charge in [-0.05, 0) is 83.9 Å². The van der Waals surface area contributed by atoms with Gasteiger partial charge in [0.1, 0.15) is 22.3 Å². The smallest absolute Gasteiger partial charge is 0.139 e. The summed E-state index contributed by atoms with van der Waals surface area (Å²) in [6, 6.07) is 93.9. The molecule has 13 aromatic rings. The number of nitrogens with one attached hydrogen (secondary N) is 1. The molecule has 13 rings (SSSR count). The van der Waals surface area contributed by atoms with E-state index in [1.807, 2.05) is 78.9 Å². The maximum atomic E-state index is 6.56. The lowest BCUT2D eigenvalue weighted by Gasteiger charge is -2.27. The van der Waals surface area contributed by atoms with E-state index in [-0.39, 0.29) is 0 Å². The standard InChI is InChI=1S/C42H30N2O.C24H16ClNO/c1-5-16-30(17-6-1)35-25-15-26-36(31-18-7-2-8-19-31)42(35)43-32-28-38(41-37-24-13-14-27-39(37)45-40(41)29-32)44(33-20-9-3-10-21-33)34-22-11-4-12-23-34;25-17-15-21(24-20-13-7-8-14-22(20)27-23(24)16-17)26(18-9-3-1-4-10-18)19-11-5-2-6-12-19/h1-29,43H;1-16H. The topological polar surface area (TPSA) is 44.8 Å². The molecule has 0 aliphatic heterocycles. The van der Waals surface area contributed by atoms with Gasteiger partial charge in [0.15, 0.2) is 0 Å². The predicted octanol–water partition coefficient (Wildman–Crippen LogP) is 19.8. The third-order valence-corrected chi connectivity index (χ3v) is 13.1. The van der Waals surface area contributed by atoms with Gasteiger partial charge in [-0.25, -0.2) is 0 Å². The number of furan rings is 2. The van der Waals surface area contributed by atoms with Gasteiger partial charge in [0.05, 0.1) is 27.8 Å². The highest BCUT2D eigenvalue weighted by Gasteiger charge is 2.23. The number of halogens is 1. The average molecular weight is 949 g/mol. The van der Waals surface area contributed by atoms with Gasteiger partial charge >= 0.3 is 0 Å². The molecule has 2 aromatic heterocycles. The first kappa shape index (κ1) is 44.0. The molecule has 1 N–H and O–H groups in total. The number of rotatable bonds is 10. The zero-order valence-corrected chi connectivity index (χ0v) is 39.8. The first-order valence-electron chi connectivity index (χ1n) is 24.0. The molecule has 0 atom stereocenters. The van der Waals surface area contributed by atoms with Crippen molar-refractivity contribution in [2.45, 2.75) is 0 Å². The number of benzene rings is 11. The van der Waals surface area contributed by atoms with Gasteiger partial charge < -0.3 is 24.0 Å². The molecule has 6 heteroatoms. The SMILES string of the molecule is Clc1cc(N(c2ccccc2)c2ccccc2)c2c(c1)oc1ccccc12.c1ccc(-c2cccc(-c3ccccc3)c2Nc2cc(N(c3ccccc3)c3ccccc3)c3c(c2)oc2ccccc23)cc1. The second-order valence-corrected chi connectivity index (χ2v) is 17.9. The minimum atomic E-state index is 0.647. The summed E-state index contributed by atoms with van der Waals surface area (Å²) in [7, 11) is 0. The average Bonchev–Trinajstić information content (AvgIpc) is 4.01. The molecule has 0 aliphatic rings. The van der Waals surface area contributed by atoms with Crippen molar-refractivity contribution in [2.24, 2.45) is 0 Å². The molecule has 0 amide bonds. The number of nitrogens with zero attached hydrogens (tertiary/aromatic N) is 2. The van der Waals surface area contributed by atoms with Crippen LogP contribution in [0.15, 0.2) is 282 Å². The molecule has 0 bridgehead atoms. The Labute approximate surface area is 423 Å². The summed E-state index contributed by atoms with van der Waals surface area (Å²) in [5.74, 6) is 0. The van der Waals surface area contributed by atoms with E-state index in [0.29, 0.717) is 5.02 Å². The third-order valence-electron chi connectivity index (χ3n) is 12.9. The summed E-state index contributed by atoms with van der Waals surface area (Å²) < 4.78 is 12.6. The van der Waals surface area contributed by atoms with Crippen LogP contribution in [-0.4, -0.2) is 0 Å². The Kier molecular flexibility index (Phi) is 12.0. The minimum Gasteiger partial charge on any atom is -0.456 e. The van der Waals surface area contributed by atoms with Crippen LogP contribution in [0.4, 0.5) is 45.5 Å².